The minimum Gasteiger partial charge on any atom is -0.289 e. The first-order valence-corrected chi connectivity index (χ1v) is 2.03. The summed E-state index contributed by atoms with van der Waals surface area (Å²) in [5, 5.41) is 9.63. The predicted octanol–water partition coefficient (Wildman–Crippen LogP) is 0.233. The Bertz CT molecular complexity index is 108. The summed E-state index contributed by atoms with van der Waals surface area (Å²) in [4.78, 5) is 3.72. The maximum Gasteiger partial charge on any atom is 0.0799 e. The summed E-state index contributed by atoms with van der Waals surface area (Å²) in [6.07, 6.45) is 4.66. The number of nitrogens with zero attached hydrogens (tertiary/aromatic N) is 2. The molecule has 0 fully saturated rings. The van der Waals surface area contributed by atoms with Crippen molar-refractivity contribution in [1.29, 1.82) is 0 Å². The Hall–Kier alpha value is -0.830. The van der Waals surface area contributed by atoms with E-state index < -0.39 is 0 Å². The minimum absolute atomic E-state index is 0.497. The van der Waals surface area contributed by atoms with Gasteiger partial charge in [-0.3, -0.25) is 15.3 Å². The van der Waals surface area contributed by atoms with Crippen molar-refractivity contribution in [3.63, 3.8) is 0 Å². The molecule has 38 valence electrons. The van der Waals surface area contributed by atoms with Crippen LogP contribution in [0.3, 0.4) is 0 Å². The lowest BCUT2D eigenvalue weighted by Gasteiger charge is -2.08. The lowest BCUT2D eigenvalue weighted by Crippen LogP contribution is -2.15. The van der Waals surface area contributed by atoms with Crippen molar-refractivity contribution in [2.24, 2.45) is 4.99 Å². The van der Waals surface area contributed by atoms with Crippen LogP contribution in [0.25, 0.3) is 0 Å². The molecule has 1 N–H and O–H groups in total. The molecule has 3 heteroatoms. The molecule has 0 atom stereocenters. The molecule has 0 aromatic rings. The molecule has 1 aliphatic rings. The van der Waals surface area contributed by atoms with Crippen LogP contribution in [0.2, 0.25) is 0 Å². The summed E-state index contributed by atoms with van der Waals surface area (Å²) in [6.45, 7) is 0.497. The first-order chi connectivity index (χ1) is 3.39. The average Bonchev–Trinajstić information content (AvgIpc) is 1.69. The third-order valence-corrected chi connectivity index (χ3v) is 0.699. The second-order valence-electron chi connectivity index (χ2n) is 1.25. The summed E-state index contributed by atoms with van der Waals surface area (Å²) in [7, 11) is 0. The molecule has 1 heterocycles. The molecule has 3 nitrogen and oxygen atoms in total. The van der Waals surface area contributed by atoms with Gasteiger partial charge in [0, 0.05) is 18.6 Å². The maximum absolute atomic E-state index is 8.56. The standard InChI is InChI=1S/C4H6N2O/c7-6-3-1-5-2-4-6/h1-3,7H,4H2. The van der Waals surface area contributed by atoms with E-state index in [1.807, 2.05) is 0 Å². The predicted molar refractivity (Wildman–Crippen MR) is 26.1 cm³/mol. The van der Waals surface area contributed by atoms with Crippen LogP contribution in [0.5, 0.6) is 0 Å². The van der Waals surface area contributed by atoms with Gasteiger partial charge < -0.3 is 0 Å². The molecule has 0 aliphatic carbocycles. The lowest BCUT2D eigenvalue weighted by molar-refractivity contribution is -0.0253. The Labute approximate surface area is 41.5 Å². The Morgan fingerprint density at radius 2 is 2.57 bits per heavy atom. The molecule has 0 bridgehead atoms. The summed E-state index contributed by atoms with van der Waals surface area (Å²) in [5.41, 5.74) is 0. The van der Waals surface area contributed by atoms with E-state index in [1.165, 1.54) is 12.4 Å². The number of aliphatic imine (C=N–C) groups is 1. The highest BCUT2D eigenvalue weighted by atomic mass is 16.5. The molecular weight excluding hydrogens is 92.1 g/mol. The Morgan fingerprint density at radius 1 is 1.71 bits per heavy atom. The fourth-order valence-electron chi connectivity index (χ4n) is 0.368. The lowest BCUT2D eigenvalue weighted by atomic mass is 10.6. The van der Waals surface area contributed by atoms with E-state index in [4.69, 9.17) is 5.21 Å². The first kappa shape index (κ1) is 4.33. The Kier molecular flexibility index (Phi) is 1.08. The van der Waals surface area contributed by atoms with E-state index in [0.717, 1.165) is 5.06 Å². The summed E-state index contributed by atoms with van der Waals surface area (Å²) >= 11 is 0. The van der Waals surface area contributed by atoms with Gasteiger partial charge in [0.05, 0.1) is 6.54 Å². The molecule has 1 aliphatic heterocycles. The molecule has 0 spiro atoms. The highest BCUT2D eigenvalue weighted by Gasteiger charge is 1.89. The molecule has 0 aromatic carbocycles. The van der Waals surface area contributed by atoms with Crippen LogP contribution in [0.1, 0.15) is 0 Å². The van der Waals surface area contributed by atoms with Crippen molar-refractivity contribution < 1.29 is 5.21 Å². The molecule has 0 amide bonds. The number of rotatable bonds is 0. The van der Waals surface area contributed by atoms with Gasteiger partial charge in [-0.05, 0) is 0 Å². The van der Waals surface area contributed by atoms with Crippen molar-refractivity contribution >= 4 is 6.21 Å². The van der Waals surface area contributed by atoms with Crippen molar-refractivity contribution in [2.75, 3.05) is 6.54 Å². The number of hydrogen-bond donors (Lipinski definition) is 1. The first-order valence-electron chi connectivity index (χ1n) is 2.03. The third-order valence-electron chi connectivity index (χ3n) is 0.699. The zero-order chi connectivity index (χ0) is 5.11. The van der Waals surface area contributed by atoms with Gasteiger partial charge in [-0.25, -0.2) is 0 Å². The Morgan fingerprint density at radius 3 is 2.86 bits per heavy atom. The van der Waals surface area contributed by atoms with Gasteiger partial charge in [0.15, 0.2) is 0 Å². The van der Waals surface area contributed by atoms with Gasteiger partial charge in [0.1, 0.15) is 0 Å². The largest absolute Gasteiger partial charge is 0.289 e. The van der Waals surface area contributed by atoms with Crippen LogP contribution in [0.15, 0.2) is 17.4 Å². The van der Waals surface area contributed by atoms with E-state index in [-0.39, 0.29) is 0 Å². The normalized spacial score (nSPS) is 18.1. The second-order valence-corrected chi connectivity index (χ2v) is 1.25. The van der Waals surface area contributed by atoms with Gasteiger partial charge in [0.25, 0.3) is 0 Å². The topological polar surface area (TPSA) is 35.8 Å². The molecule has 0 aromatic heterocycles. The zero-order valence-electron chi connectivity index (χ0n) is 3.78. The molecule has 7 heavy (non-hydrogen) atoms. The van der Waals surface area contributed by atoms with Gasteiger partial charge in [0.2, 0.25) is 0 Å². The van der Waals surface area contributed by atoms with E-state index in [2.05, 4.69) is 4.99 Å². The molecular formula is C4H6N2O. The van der Waals surface area contributed by atoms with Gasteiger partial charge in [-0.1, -0.05) is 0 Å². The van der Waals surface area contributed by atoms with Crippen LogP contribution >= 0.6 is 0 Å². The smallest absolute Gasteiger partial charge is 0.0799 e. The Balaban J connectivity index is 2.49. The van der Waals surface area contributed by atoms with Crippen molar-refractivity contribution in [3.8, 4) is 0 Å². The molecule has 1 rings (SSSR count). The van der Waals surface area contributed by atoms with Crippen LogP contribution < -0.4 is 0 Å². The molecule has 0 saturated carbocycles. The highest BCUT2D eigenvalue weighted by molar-refractivity contribution is 5.61. The van der Waals surface area contributed by atoms with Crippen LogP contribution in [0, 0.1) is 0 Å². The van der Waals surface area contributed by atoms with Crippen LogP contribution in [-0.2, 0) is 0 Å². The van der Waals surface area contributed by atoms with E-state index in [9.17, 15) is 0 Å². The monoisotopic (exact) mass is 98.0 g/mol. The zero-order valence-corrected chi connectivity index (χ0v) is 3.78. The van der Waals surface area contributed by atoms with Gasteiger partial charge in [-0.15, -0.1) is 0 Å². The summed E-state index contributed by atoms with van der Waals surface area (Å²) in [6, 6.07) is 0. The quantitative estimate of drug-likeness (QED) is 0.471. The number of hydrogen-bond acceptors (Lipinski definition) is 3. The van der Waals surface area contributed by atoms with Crippen molar-refractivity contribution in [1.82, 2.24) is 5.06 Å². The van der Waals surface area contributed by atoms with Crippen molar-refractivity contribution in [2.45, 2.75) is 0 Å². The summed E-state index contributed by atoms with van der Waals surface area (Å²) < 4.78 is 0. The molecule has 0 unspecified atom stereocenters. The van der Waals surface area contributed by atoms with E-state index >= 15 is 0 Å². The van der Waals surface area contributed by atoms with E-state index in [1.54, 1.807) is 6.21 Å². The fraction of sp³-hybridized carbons (Fsp3) is 0.250. The maximum atomic E-state index is 8.56. The van der Waals surface area contributed by atoms with E-state index in [0.29, 0.717) is 6.54 Å². The SMILES string of the molecule is ON1C=CN=CC1. The van der Waals surface area contributed by atoms with Crippen LogP contribution in [-0.4, -0.2) is 23.0 Å². The van der Waals surface area contributed by atoms with Gasteiger partial charge >= 0.3 is 0 Å². The average molecular weight is 98.1 g/mol. The van der Waals surface area contributed by atoms with Gasteiger partial charge in [-0.2, -0.15) is 0 Å². The summed E-state index contributed by atoms with van der Waals surface area (Å²) in [5.74, 6) is 0. The molecule has 0 radical (unpaired) electrons. The van der Waals surface area contributed by atoms with Crippen molar-refractivity contribution in [3.05, 3.63) is 12.4 Å². The fourth-order valence-corrected chi connectivity index (χ4v) is 0.368. The minimum atomic E-state index is 0.497. The van der Waals surface area contributed by atoms with Crippen LogP contribution in [0.4, 0.5) is 0 Å². The molecule has 0 saturated heterocycles. The highest BCUT2D eigenvalue weighted by Crippen LogP contribution is 1.86. The second kappa shape index (κ2) is 1.75. The number of hydroxylamine groups is 2. The third kappa shape index (κ3) is 1.01.